The van der Waals surface area contributed by atoms with E-state index >= 15 is 0 Å². The number of likely N-dealkylation sites (tertiary alicyclic amines) is 1. The Morgan fingerprint density at radius 3 is 2.53 bits per heavy atom. The van der Waals surface area contributed by atoms with Gasteiger partial charge in [-0.15, -0.1) is 5.48 Å². The Bertz CT molecular complexity index is 1460. The van der Waals surface area contributed by atoms with Crippen LogP contribution in [0, 0.1) is 11.8 Å². The van der Waals surface area contributed by atoms with Crippen LogP contribution in [0.4, 0.5) is 29.7 Å². The maximum absolute atomic E-state index is 13.3. The molecule has 3 aromatic rings. The number of fused-ring (bicyclic) bond motifs is 1. The summed E-state index contributed by atoms with van der Waals surface area (Å²) in [6, 6.07) is 5.34. The Balaban J connectivity index is 1.43. The molecule has 6 rings (SSSR count). The highest BCUT2D eigenvalue weighted by Crippen LogP contribution is 2.35. The molecule has 1 saturated carbocycles. The summed E-state index contributed by atoms with van der Waals surface area (Å²) in [5.74, 6) is 2.44. The first-order chi connectivity index (χ1) is 20.5. The molecule has 43 heavy (non-hydrogen) atoms. The number of nitrogens with zero attached hydrogens (tertiary/aromatic N) is 6. The highest BCUT2D eigenvalue weighted by molar-refractivity contribution is 5.86. The second-order valence-corrected chi connectivity index (χ2v) is 12.2. The first-order valence-corrected chi connectivity index (χ1v) is 14.9. The fourth-order valence-corrected chi connectivity index (χ4v) is 6.27. The van der Waals surface area contributed by atoms with Crippen molar-refractivity contribution in [3.05, 3.63) is 41.2 Å². The number of benzene rings is 1. The molecule has 3 N–H and O–H groups in total. The molecule has 0 bridgehead atoms. The highest BCUT2D eigenvalue weighted by Gasteiger charge is 2.32. The number of anilines is 2. The van der Waals surface area contributed by atoms with Crippen molar-refractivity contribution < 1.29 is 22.8 Å². The van der Waals surface area contributed by atoms with Gasteiger partial charge in [-0.1, -0.05) is 18.6 Å². The number of nitrogens with one attached hydrogen (secondary N) is 3. The van der Waals surface area contributed by atoms with Crippen LogP contribution < -0.4 is 21.0 Å². The van der Waals surface area contributed by atoms with Crippen LogP contribution >= 0.6 is 0 Å². The average molecular weight is 602 g/mol. The van der Waals surface area contributed by atoms with Crippen LogP contribution in [-0.2, 0) is 17.6 Å². The first kappa shape index (κ1) is 29.4. The van der Waals surface area contributed by atoms with Gasteiger partial charge in [-0.25, -0.2) is 14.8 Å². The van der Waals surface area contributed by atoms with E-state index in [1.54, 1.807) is 0 Å². The van der Waals surface area contributed by atoms with E-state index in [1.807, 2.05) is 11.6 Å². The molecule has 1 aromatic carbocycles. The molecule has 11 nitrogen and oxygen atoms in total. The Morgan fingerprint density at radius 2 is 1.91 bits per heavy atom. The Kier molecular flexibility index (Phi) is 8.07. The van der Waals surface area contributed by atoms with Crippen LogP contribution in [0.1, 0.15) is 62.1 Å². The number of aromatic nitrogens is 4. The largest absolute Gasteiger partial charge is 0.427 e. The number of amides is 1. The zero-order valence-electron chi connectivity index (χ0n) is 24.6. The lowest BCUT2D eigenvalue weighted by molar-refractivity contribution is -0.137. The predicted octanol–water partition coefficient (Wildman–Crippen LogP) is 4.51. The number of carbonyl (C=O) groups is 1. The molecule has 2 aliphatic heterocycles. The van der Waals surface area contributed by atoms with Crippen LogP contribution in [0.25, 0.3) is 11.2 Å². The number of hydrogen-bond donors (Lipinski definition) is 3. The lowest BCUT2D eigenvalue weighted by atomic mass is 9.80. The number of hydrogen-bond acceptors (Lipinski definition) is 9. The van der Waals surface area contributed by atoms with Crippen molar-refractivity contribution in [2.75, 3.05) is 43.9 Å². The summed E-state index contributed by atoms with van der Waals surface area (Å²) in [5, 5.41) is 6.24. The van der Waals surface area contributed by atoms with Gasteiger partial charge in [0.2, 0.25) is 5.95 Å². The third-order valence-electron chi connectivity index (χ3n) is 8.83. The summed E-state index contributed by atoms with van der Waals surface area (Å²) >= 11 is 0. The summed E-state index contributed by atoms with van der Waals surface area (Å²) in [6.45, 7) is 5.21. The third-order valence-corrected chi connectivity index (χ3v) is 8.83. The number of halogens is 3. The molecule has 1 aliphatic carbocycles. The second-order valence-electron chi connectivity index (χ2n) is 12.2. The molecule has 4 heterocycles. The minimum atomic E-state index is -4.41. The summed E-state index contributed by atoms with van der Waals surface area (Å²) < 4.78 is 41.9. The quantitative estimate of drug-likeness (QED) is 0.326. The van der Waals surface area contributed by atoms with Crippen molar-refractivity contribution in [3.63, 3.8) is 0 Å². The van der Waals surface area contributed by atoms with Crippen molar-refractivity contribution in [3.8, 4) is 0 Å². The molecule has 2 saturated heterocycles. The molecule has 3 aliphatic rings. The van der Waals surface area contributed by atoms with E-state index < -0.39 is 24.0 Å². The Labute approximate surface area is 248 Å². The zero-order chi connectivity index (χ0) is 30.3. The van der Waals surface area contributed by atoms with Gasteiger partial charge in [0.25, 0.3) is 0 Å². The van der Waals surface area contributed by atoms with Gasteiger partial charge < -0.3 is 24.5 Å². The summed E-state index contributed by atoms with van der Waals surface area (Å²) in [6.07, 6.45) is -0.126. The van der Waals surface area contributed by atoms with Crippen molar-refractivity contribution in [2.45, 2.75) is 64.0 Å². The van der Waals surface area contributed by atoms with E-state index in [-0.39, 0.29) is 12.6 Å². The molecule has 3 atom stereocenters. The zero-order valence-corrected chi connectivity index (χ0v) is 24.6. The Morgan fingerprint density at radius 1 is 1.14 bits per heavy atom. The van der Waals surface area contributed by atoms with Gasteiger partial charge in [0, 0.05) is 26.2 Å². The molecular formula is C29H38F3N9O2. The monoisotopic (exact) mass is 601 g/mol. The minimum absolute atomic E-state index is 0.121. The van der Waals surface area contributed by atoms with E-state index in [9.17, 15) is 18.0 Å². The Hall–Kier alpha value is -3.65. The van der Waals surface area contributed by atoms with Gasteiger partial charge in [0.15, 0.2) is 23.5 Å². The van der Waals surface area contributed by atoms with Crippen molar-refractivity contribution in [2.24, 2.45) is 11.8 Å². The van der Waals surface area contributed by atoms with E-state index in [1.165, 1.54) is 18.6 Å². The normalized spacial score (nSPS) is 22.2. The van der Waals surface area contributed by atoms with Crippen molar-refractivity contribution in [1.82, 2.24) is 35.2 Å². The number of piperidine rings is 1. The number of hydroxylamine groups is 1. The fraction of sp³-hybridized carbons (Fsp3) is 0.586. The minimum Gasteiger partial charge on any atom is -0.365 e. The number of alkyl halides is 3. The van der Waals surface area contributed by atoms with Crippen LogP contribution in [0.15, 0.2) is 24.3 Å². The maximum atomic E-state index is 13.3. The number of imidazole rings is 1. The molecular weight excluding hydrogens is 563 g/mol. The highest BCUT2D eigenvalue weighted by atomic mass is 19.4. The lowest BCUT2D eigenvalue weighted by Gasteiger charge is -2.33. The van der Waals surface area contributed by atoms with E-state index in [4.69, 9.17) is 19.8 Å². The van der Waals surface area contributed by atoms with Crippen molar-refractivity contribution in [1.29, 1.82) is 0 Å². The summed E-state index contributed by atoms with van der Waals surface area (Å²) in [5.41, 5.74) is 3.70. The molecule has 3 fully saturated rings. The first-order valence-electron chi connectivity index (χ1n) is 14.9. The van der Waals surface area contributed by atoms with Gasteiger partial charge in [-0.05, 0) is 75.7 Å². The van der Waals surface area contributed by atoms with Gasteiger partial charge in [-0.2, -0.15) is 18.2 Å². The number of rotatable bonds is 9. The lowest BCUT2D eigenvalue weighted by Crippen LogP contribution is -2.38. The number of carbonyl (C=O) groups excluding carboxylic acids is 1. The summed E-state index contributed by atoms with van der Waals surface area (Å²) in [4.78, 5) is 35.6. The molecule has 2 aromatic heterocycles. The summed E-state index contributed by atoms with van der Waals surface area (Å²) in [7, 11) is 4.12. The van der Waals surface area contributed by atoms with Crippen LogP contribution in [0.5, 0.6) is 0 Å². The predicted molar refractivity (Wildman–Crippen MR) is 155 cm³/mol. The SMILES string of the molecule is C[C@@H](Nc1nc(C2NOC(=O)N2)nc2nc(N(C)CC3CCCN(C)C3)n(Cc3ccc(C(F)(F)F)cc3)c12)C1CCC1. The molecule has 2 unspecified atom stereocenters. The smallest absolute Gasteiger partial charge is 0.365 e. The molecule has 1 amide bonds. The van der Waals surface area contributed by atoms with Crippen LogP contribution in [0.3, 0.4) is 0 Å². The standard InChI is InChI=1S/C29H38F3N9O2/c1-17(20-7-4-8-20)33-23-22-24(35-25(34-23)26-37-28(42)43-38-26)36-27(40(3)15-19-6-5-13-39(2)14-19)41(22)16-18-9-11-21(12-10-18)29(30,31)32/h9-12,17,19-20,26,38H,4-8,13-16H2,1-3H3,(H,37,42)(H,33,34,35)/t17-,19?,26?/m1/s1. The molecule has 0 radical (unpaired) electrons. The third kappa shape index (κ3) is 6.35. The van der Waals surface area contributed by atoms with Gasteiger partial charge >= 0.3 is 12.3 Å². The van der Waals surface area contributed by atoms with E-state index in [2.05, 4.69) is 39.9 Å². The van der Waals surface area contributed by atoms with Gasteiger partial charge in [-0.3, -0.25) is 5.32 Å². The fourth-order valence-electron chi connectivity index (χ4n) is 6.27. The topological polar surface area (TPSA) is 112 Å². The van der Waals surface area contributed by atoms with Crippen LogP contribution in [0.2, 0.25) is 0 Å². The van der Waals surface area contributed by atoms with Crippen molar-refractivity contribution >= 4 is 29.0 Å². The molecule has 14 heteroatoms. The maximum Gasteiger partial charge on any atom is 0.427 e. The van der Waals surface area contributed by atoms with E-state index in [0.29, 0.717) is 46.2 Å². The van der Waals surface area contributed by atoms with E-state index in [0.717, 1.165) is 57.5 Å². The average Bonchev–Trinajstić information content (AvgIpc) is 3.51. The van der Waals surface area contributed by atoms with Crippen LogP contribution in [-0.4, -0.2) is 70.3 Å². The molecule has 0 spiro atoms. The molecule has 232 valence electrons. The van der Waals surface area contributed by atoms with Gasteiger partial charge in [0.05, 0.1) is 12.1 Å². The second kappa shape index (κ2) is 11.8. The van der Waals surface area contributed by atoms with Gasteiger partial charge in [0.1, 0.15) is 5.52 Å².